The average molecular weight is 368 g/mol. The van der Waals surface area contributed by atoms with Crippen molar-refractivity contribution < 1.29 is 22.7 Å². The van der Waals surface area contributed by atoms with E-state index in [0.717, 1.165) is 22.5 Å². The Morgan fingerprint density at radius 1 is 1.45 bits per heavy atom. The molecule has 1 aromatic carbocycles. The van der Waals surface area contributed by atoms with Gasteiger partial charge in [0.15, 0.2) is 0 Å². The highest BCUT2D eigenvalue weighted by atomic mass is 79.9. The maximum atomic E-state index is 13.0. The summed E-state index contributed by atoms with van der Waals surface area (Å²) in [6, 6.07) is 3.14. The van der Waals surface area contributed by atoms with E-state index in [2.05, 4.69) is 15.9 Å². The van der Waals surface area contributed by atoms with Gasteiger partial charge in [-0.3, -0.25) is 4.79 Å². The van der Waals surface area contributed by atoms with Crippen LogP contribution in [0.1, 0.15) is 20.8 Å². The summed E-state index contributed by atoms with van der Waals surface area (Å²) >= 11 is 2.99. The standard InChI is InChI=1S/C12H15BrFNO4S/c1-4-15(12(2,3)11(16)17)20(18,19)10-6-5-8(14)7-9(10)13/h5-7H,4H2,1-3H3,(H,16,17). The van der Waals surface area contributed by atoms with Crippen LogP contribution in [-0.2, 0) is 14.8 Å². The van der Waals surface area contributed by atoms with Crippen LogP contribution in [0.4, 0.5) is 4.39 Å². The number of sulfonamides is 1. The molecule has 0 aromatic heterocycles. The lowest BCUT2D eigenvalue weighted by Crippen LogP contribution is -2.52. The molecule has 5 nitrogen and oxygen atoms in total. The molecule has 0 radical (unpaired) electrons. The Labute approximate surface area is 125 Å². The second-order valence-corrected chi connectivity index (χ2v) is 7.29. The molecule has 0 atom stereocenters. The van der Waals surface area contributed by atoms with Crippen molar-refractivity contribution in [3.63, 3.8) is 0 Å². The Bertz CT molecular complexity index is 630. The molecule has 0 spiro atoms. The highest BCUT2D eigenvalue weighted by Gasteiger charge is 2.42. The molecule has 0 bridgehead atoms. The number of likely N-dealkylation sites (N-methyl/N-ethyl adjacent to an activating group) is 1. The monoisotopic (exact) mass is 367 g/mol. The number of hydrogen-bond donors (Lipinski definition) is 1. The van der Waals surface area contributed by atoms with Gasteiger partial charge in [0.2, 0.25) is 10.0 Å². The van der Waals surface area contributed by atoms with Crippen molar-refractivity contribution in [1.82, 2.24) is 4.31 Å². The molecule has 112 valence electrons. The van der Waals surface area contributed by atoms with E-state index in [0.29, 0.717) is 0 Å². The first-order chi connectivity index (χ1) is 9.05. The normalized spacial score (nSPS) is 12.7. The van der Waals surface area contributed by atoms with Crippen LogP contribution in [0.15, 0.2) is 27.6 Å². The summed E-state index contributed by atoms with van der Waals surface area (Å²) in [6.07, 6.45) is 0. The van der Waals surface area contributed by atoms with E-state index in [1.54, 1.807) is 6.92 Å². The smallest absolute Gasteiger partial charge is 0.324 e. The largest absolute Gasteiger partial charge is 0.480 e. The third kappa shape index (κ3) is 3.02. The molecule has 20 heavy (non-hydrogen) atoms. The highest BCUT2D eigenvalue weighted by Crippen LogP contribution is 2.30. The second kappa shape index (κ2) is 5.79. The number of aliphatic carboxylic acids is 1. The van der Waals surface area contributed by atoms with Gasteiger partial charge in [0.25, 0.3) is 0 Å². The zero-order chi connectivity index (χ0) is 15.7. The highest BCUT2D eigenvalue weighted by molar-refractivity contribution is 9.10. The zero-order valence-electron chi connectivity index (χ0n) is 11.2. The molecule has 0 aliphatic carbocycles. The van der Waals surface area contributed by atoms with Gasteiger partial charge in [-0.1, -0.05) is 6.92 Å². The van der Waals surface area contributed by atoms with Gasteiger partial charge >= 0.3 is 5.97 Å². The van der Waals surface area contributed by atoms with Crippen molar-refractivity contribution in [3.05, 3.63) is 28.5 Å². The van der Waals surface area contributed by atoms with Gasteiger partial charge < -0.3 is 5.11 Å². The Balaban J connectivity index is 3.44. The number of carbonyl (C=O) groups is 1. The van der Waals surface area contributed by atoms with Crippen LogP contribution in [-0.4, -0.2) is 35.9 Å². The molecule has 0 unspecified atom stereocenters. The number of hydrogen-bond acceptors (Lipinski definition) is 3. The molecule has 0 aliphatic heterocycles. The maximum absolute atomic E-state index is 13.0. The van der Waals surface area contributed by atoms with Crippen LogP contribution in [0.3, 0.4) is 0 Å². The molecule has 1 rings (SSSR count). The molecular formula is C12H15BrFNO4S. The van der Waals surface area contributed by atoms with Gasteiger partial charge in [-0.2, -0.15) is 4.31 Å². The Kier molecular flexibility index (Phi) is 4.94. The summed E-state index contributed by atoms with van der Waals surface area (Å²) in [4.78, 5) is 11.1. The quantitative estimate of drug-likeness (QED) is 0.867. The topological polar surface area (TPSA) is 74.7 Å². The predicted octanol–water partition coefficient (Wildman–Crippen LogP) is 2.46. The molecule has 8 heteroatoms. The molecule has 1 aromatic rings. The van der Waals surface area contributed by atoms with Crippen molar-refractivity contribution in [2.24, 2.45) is 0 Å². The van der Waals surface area contributed by atoms with Gasteiger partial charge in [0.05, 0.1) is 4.90 Å². The fraction of sp³-hybridized carbons (Fsp3) is 0.417. The summed E-state index contributed by atoms with van der Waals surface area (Å²) in [6.45, 7) is 4.12. The lowest BCUT2D eigenvalue weighted by Gasteiger charge is -2.33. The minimum Gasteiger partial charge on any atom is -0.480 e. The van der Waals surface area contributed by atoms with E-state index in [-0.39, 0.29) is 15.9 Å². The molecule has 1 N–H and O–H groups in total. The lowest BCUT2D eigenvalue weighted by atomic mass is 10.1. The third-order valence-electron chi connectivity index (χ3n) is 2.90. The fourth-order valence-electron chi connectivity index (χ4n) is 1.78. The number of carboxylic acids is 1. The Morgan fingerprint density at radius 2 is 2.00 bits per heavy atom. The zero-order valence-corrected chi connectivity index (χ0v) is 13.6. The Morgan fingerprint density at radius 3 is 2.40 bits per heavy atom. The van der Waals surface area contributed by atoms with Crippen LogP contribution < -0.4 is 0 Å². The summed E-state index contributed by atoms with van der Waals surface area (Å²) in [5.74, 6) is -1.85. The van der Waals surface area contributed by atoms with Crippen LogP contribution in [0.2, 0.25) is 0 Å². The minimum absolute atomic E-state index is 0.0224. The van der Waals surface area contributed by atoms with Gasteiger partial charge in [-0.25, -0.2) is 12.8 Å². The molecule has 0 fully saturated rings. The molecular weight excluding hydrogens is 353 g/mol. The van der Waals surface area contributed by atoms with Crippen LogP contribution >= 0.6 is 15.9 Å². The summed E-state index contributed by atoms with van der Waals surface area (Å²) < 4.78 is 39.1. The summed E-state index contributed by atoms with van der Waals surface area (Å²) in [7, 11) is -4.06. The van der Waals surface area contributed by atoms with Crippen molar-refractivity contribution in [2.75, 3.05) is 6.54 Å². The van der Waals surface area contributed by atoms with E-state index in [1.807, 2.05) is 0 Å². The van der Waals surface area contributed by atoms with E-state index < -0.39 is 27.3 Å². The SMILES string of the molecule is CCN(C(C)(C)C(=O)O)S(=O)(=O)c1ccc(F)cc1Br. The fourth-order valence-corrected chi connectivity index (χ4v) is 4.54. The lowest BCUT2D eigenvalue weighted by molar-refractivity contribution is -0.146. The van der Waals surface area contributed by atoms with E-state index in [9.17, 15) is 22.7 Å². The van der Waals surface area contributed by atoms with Crippen LogP contribution in [0.5, 0.6) is 0 Å². The summed E-state index contributed by atoms with van der Waals surface area (Å²) in [5.41, 5.74) is -1.61. The number of halogens is 2. The predicted molar refractivity (Wildman–Crippen MR) is 75.4 cm³/mol. The molecule has 0 heterocycles. The molecule has 0 aliphatic rings. The summed E-state index contributed by atoms with van der Waals surface area (Å²) in [5, 5.41) is 9.19. The van der Waals surface area contributed by atoms with Crippen molar-refractivity contribution in [3.8, 4) is 0 Å². The van der Waals surface area contributed by atoms with Gasteiger partial charge in [0, 0.05) is 11.0 Å². The molecule has 0 saturated heterocycles. The Hall–Kier alpha value is -0.990. The van der Waals surface area contributed by atoms with Crippen LogP contribution in [0.25, 0.3) is 0 Å². The third-order valence-corrected chi connectivity index (χ3v) is 6.02. The molecule has 0 saturated carbocycles. The van der Waals surface area contributed by atoms with Gasteiger partial charge in [0.1, 0.15) is 11.4 Å². The number of nitrogens with zero attached hydrogens (tertiary/aromatic N) is 1. The van der Waals surface area contributed by atoms with Crippen molar-refractivity contribution in [1.29, 1.82) is 0 Å². The maximum Gasteiger partial charge on any atom is 0.324 e. The van der Waals surface area contributed by atoms with Crippen molar-refractivity contribution >= 4 is 31.9 Å². The molecule has 0 amide bonds. The number of rotatable bonds is 5. The van der Waals surface area contributed by atoms with E-state index >= 15 is 0 Å². The van der Waals surface area contributed by atoms with Gasteiger partial charge in [-0.05, 0) is 48.0 Å². The number of benzene rings is 1. The first kappa shape index (κ1) is 17.1. The average Bonchev–Trinajstić information content (AvgIpc) is 2.27. The first-order valence-corrected chi connectivity index (χ1v) is 7.99. The van der Waals surface area contributed by atoms with E-state index in [1.165, 1.54) is 13.8 Å². The minimum atomic E-state index is -4.06. The van der Waals surface area contributed by atoms with Crippen molar-refractivity contribution in [2.45, 2.75) is 31.2 Å². The number of carboxylic acid groups (broad SMARTS) is 1. The van der Waals surface area contributed by atoms with Crippen LogP contribution in [0, 0.1) is 5.82 Å². The first-order valence-electron chi connectivity index (χ1n) is 5.76. The van der Waals surface area contributed by atoms with E-state index in [4.69, 9.17) is 0 Å². The van der Waals surface area contributed by atoms with Gasteiger partial charge in [-0.15, -0.1) is 0 Å². The second-order valence-electron chi connectivity index (χ2n) is 4.61.